The molecule has 7 heteroatoms. The van der Waals surface area contributed by atoms with Crippen LogP contribution in [0.5, 0.6) is 0 Å². The van der Waals surface area contributed by atoms with Crippen LogP contribution < -0.4 is 0 Å². The second kappa shape index (κ2) is 10.3. The number of Topliss-reactive ketones (excluding diaryl/α,β-unsaturated/α-hetero) is 1. The zero-order valence-electron chi connectivity index (χ0n) is 17.5. The predicted octanol–water partition coefficient (Wildman–Crippen LogP) is 3.54. The molecule has 2 atom stereocenters. The van der Waals surface area contributed by atoms with Crippen LogP contribution in [0.4, 0.5) is 4.39 Å². The normalized spacial score (nSPS) is 18.8. The number of aromatic nitrogens is 1. The first-order valence-corrected chi connectivity index (χ1v) is 9.41. The summed E-state index contributed by atoms with van der Waals surface area (Å²) in [5, 5.41) is 10.2. The highest BCUT2D eigenvalue weighted by molar-refractivity contribution is 6.10. The second-order valence-electron chi connectivity index (χ2n) is 7.28. The number of ether oxygens (including phenoxy) is 1. The van der Waals surface area contributed by atoms with Gasteiger partial charge in [-0.15, -0.1) is 0 Å². The van der Waals surface area contributed by atoms with Gasteiger partial charge in [0, 0.05) is 42.7 Å². The number of hydrogen-bond donors (Lipinski definition) is 2. The van der Waals surface area contributed by atoms with Gasteiger partial charge in [0.05, 0.1) is 17.7 Å². The Morgan fingerprint density at radius 3 is 2.50 bits per heavy atom. The minimum atomic E-state index is -0.684. The number of amides is 1. The van der Waals surface area contributed by atoms with Crippen LogP contribution in [0.25, 0.3) is 10.9 Å². The topological polar surface area (TPSA) is 82.6 Å². The van der Waals surface area contributed by atoms with Crippen LogP contribution in [0.1, 0.15) is 51.4 Å². The summed E-state index contributed by atoms with van der Waals surface area (Å²) in [6.45, 7) is 10.2. The Morgan fingerprint density at radius 1 is 1.36 bits per heavy atom. The molecule has 0 bridgehead atoms. The van der Waals surface area contributed by atoms with E-state index in [0.717, 1.165) is 0 Å². The van der Waals surface area contributed by atoms with Crippen molar-refractivity contribution >= 4 is 23.1 Å². The molecule has 1 saturated heterocycles. The van der Waals surface area contributed by atoms with E-state index in [1.807, 2.05) is 34.6 Å². The molecule has 1 aliphatic rings. The second-order valence-corrected chi connectivity index (χ2v) is 7.28. The molecular weight excluding hydrogens is 363 g/mol. The third-order valence-electron chi connectivity index (χ3n) is 4.28. The van der Waals surface area contributed by atoms with E-state index in [-0.39, 0.29) is 30.2 Å². The molecule has 2 heterocycles. The van der Waals surface area contributed by atoms with E-state index in [4.69, 9.17) is 4.74 Å². The van der Waals surface area contributed by atoms with Gasteiger partial charge in [0.25, 0.3) is 0 Å². The first-order chi connectivity index (χ1) is 13.2. The fourth-order valence-electron chi connectivity index (χ4n) is 2.69. The van der Waals surface area contributed by atoms with E-state index in [9.17, 15) is 19.1 Å². The molecule has 1 aromatic heterocycles. The summed E-state index contributed by atoms with van der Waals surface area (Å²) in [7, 11) is 1.71. The number of carbonyl (C=O) groups excluding carboxylic acids is 2. The van der Waals surface area contributed by atoms with Crippen molar-refractivity contribution < 1.29 is 23.8 Å². The number of β-amino-alcohol motifs (C(OH)–C–C–N with tert-alkyl or cyclic N) is 1. The van der Waals surface area contributed by atoms with Crippen molar-refractivity contribution in [3.63, 3.8) is 0 Å². The van der Waals surface area contributed by atoms with E-state index in [2.05, 4.69) is 4.98 Å². The summed E-state index contributed by atoms with van der Waals surface area (Å²) >= 11 is 0. The van der Waals surface area contributed by atoms with Crippen molar-refractivity contribution in [2.45, 2.75) is 58.8 Å². The van der Waals surface area contributed by atoms with Crippen LogP contribution in [0.2, 0.25) is 0 Å². The molecule has 1 aromatic carbocycles. The first kappa shape index (κ1) is 23.8. The number of aliphatic hydroxyl groups excluding tert-OH is 1. The minimum Gasteiger partial charge on any atom is -0.391 e. The molecule has 1 aliphatic heterocycles. The van der Waals surface area contributed by atoms with Gasteiger partial charge in [0.15, 0.2) is 5.78 Å². The number of H-pyrrole nitrogens is 1. The molecular formula is C21H31FN2O4. The standard InChI is InChI=1S/C14H13FN2O3.C5H12O.C2H6/c15-8-1-2-10-11(5-16-12(10)3-8)14(20)13-4-9(19)6-17(13)7-18;1-5(2,3)6-4;1-2/h1-3,5,7,9,13,16,19H,4,6H2;1-4H3;1-2H3. The monoisotopic (exact) mass is 394 g/mol. The van der Waals surface area contributed by atoms with Gasteiger partial charge in [-0.3, -0.25) is 9.59 Å². The van der Waals surface area contributed by atoms with Crippen molar-refractivity contribution in [1.82, 2.24) is 9.88 Å². The van der Waals surface area contributed by atoms with Crippen LogP contribution >= 0.6 is 0 Å². The average Bonchev–Trinajstić information content (AvgIpc) is 3.25. The molecule has 6 nitrogen and oxygen atoms in total. The number of carbonyl (C=O) groups is 2. The molecule has 1 amide bonds. The molecule has 156 valence electrons. The van der Waals surface area contributed by atoms with Crippen LogP contribution in [0.3, 0.4) is 0 Å². The SMILES string of the molecule is CC.COC(C)(C)C.O=CN1CC(O)CC1C(=O)c1c[nH]c2cc(F)ccc12. The number of aromatic amines is 1. The molecule has 0 aliphatic carbocycles. The third-order valence-corrected chi connectivity index (χ3v) is 4.28. The number of methoxy groups -OCH3 is 1. The highest BCUT2D eigenvalue weighted by atomic mass is 19.1. The number of halogens is 1. The number of benzene rings is 1. The van der Waals surface area contributed by atoms with Crippen molar-refractivity contribution in [1.29, 1.82) is 0 Å². The number of hydrogen-bond acceptors (Lipinski definition) is 4. The van der Waals surface area contributed by atoms with Crippen molar-refractivity contribution in [2.24, 2.45) is 0 Å². The third kappa shape index (κ3) is 6.14. The Hall–Kier alpha value is -2.25. The van der Waals surface area contributed by atoms with Crippen LogP contribution in [0.15, 0.2) is 24.4 Å². The highest BCUT2D eigenvalue weighted by Gasteiger charge is 2.36. The maximum Gasteiger partial charge on any atom is 0.210 e. The van der Waals surface area contributed by atoms with E-state index < -0.39 is 12.1 Å². The van der Waals surface area contributed by atoms with Gasteiger partial charge in [0.1, 0.15) is 5.82 Å². The number of nitrogens with zero attached hydrogens (tertiary/aromatic N) is 1. The van der Waals surface area contributed by atoms with Gasteiger partial charge in [-0.25, -0.2) is 4.39 Å². The van der Waals surface area contributed by atoms with E-state index in [1.165, 1.54) is 29.3 Å². The van der Waals surface area contributed by atoms with E-state index >= 15 is 0 Å². The van der Waals surface area contributed by atoms with Gasteiger partial charge in [0.2, 0.25) is 6.41 Å². The van der Waals surface area contributed by atoms with E-state index in [0.29, 0.717) is 22.9 Å². The molecule has 3 rings (SSSR count). The maximum atomic E-state index is 13.1. The Labute approximate surface area is 165 Å². The number of rotatable bonds is 3. The largest absolute Gasteiger partial charge is 0.391 e. The molecule has 28 heavy (non-hydrogen) atoms. The Balaban J connectivity index is 0.000000422. The fraction of sp³-hybridized carbons (Fsp3) is 0.524. The zero-order chi connectivity index (χ0) is 21.5. The number of fused-ring (bicyclic) bond motifs is 1. The summed E-state index contributed by atoms with van der Waals surface area (Å²) in [6, 6.07) is 3.47. The summed E-state index contributed by atoms with van der Waals surface area (Å²) in [4.78, 5) is 27.6. The molecule has 0 radical (unpaired) electrons. The average molecular weight is 394 g/mol. The number of likely N-dealkylation sites (tertiary alicyclic amines) is 1. The lowest BCUT2D eigenvalue weighted by Crippen LogP contribution is -2.35. The van der Waals surface area contributed by atoms with Gasteiger partial charge in [-0.1, -0.05) is 13.8 Å². The van der Waals surface area contributed by atoms with Crippen LogP contribution in [-0.4, -0.2) is 58.6 Å². The van der Waals surface area contributed by atoms with Gasteiger partial charge in [-0.05, 0) is 39.0 Å². The van der Waals surface area contributed by atoms with Gasteiger partial charge < -0.3 is 19.7 Å². The first-order valence-electron chi connectivity index (χ1n) is 9.41. The highest BCUT2D eigenvalue weighted by Crippen LogP contribution is 2.25. The quantitative estimate of drug-likeness (QED) is 0.616. The molecule has 2 unspecified atom stereocenters. The van der Waals surface area contributed by atoms with Crippen LogP contribution in [-0.2, 0) is 9.53 Å². The zero-order valence-corrected chi connectivity index (χ0v) is 17.5. The Bertz CT molecular complexity index is 782. The minimum absolute atomic E-state index is 0.0417. The number of nitrogens with one attached hydrogen (secondary N) is 1. The van der Waals surface area contributed by atoms with Crippen molar-refractivity contribution in [3.05, 3.63) is 35.8 Å². The fourth-order valence-corrected chi connectivity index (χ4v) is 2.69. The summed E-state index contributed by atoms with van der Waals surface area (Å²) < 4.78 is 18.1. The Kier molecular flexibility index (Phi) is 8.78. The lowest BCUT2D eigenvalue weighted by molar-refractivity contribution is -0.118. The number of ketones is 1. The molecule has 0 saturated carbocycles. The van der Waals surface area contributed by atoms with Crippen LogP contribution in [0, 0.1) is 5.82 Å². The van der Waals surface area contributed by atoms with Gasteiger partial charge in [-0.2, -0.15) is 0 Å². The summed E-state index contributed by atoms with van der Waals surface area (Å²) in [6.07, 6.45) is 1.63. The lowest BCUT2D eigenvalue weighted by atomic mass is 10.0. The maximum absolute atomic E-state index is 13.1. The summed E-state index contributed by atoms with van der Waals surface area (Å²) in [5.74, 6) is -0.629. The summed E-state index contributed by atoms with van der Waals surface area (Å²) in [5.41, 5.74) is 0.982. The Morgan fingerprint density at radius 2 is 1.96 bits per heavy atom. The van der Waals surface area contributed by atoms with Crippen molar-refractivity contribution in [2.75, 3.05) is 13.7 Å². The lowest BCUT2D eigenvalue weighted by Gasteiger charge is -2.17. The molecule has 0 spiro atoms. The smallest absolute Gasteiger partial charge is 0.210 e. The molecule has 2 aromatic rings. The number of aliphatic hydroxyl groups is 1. The molecule has 1 fully saturated rings. The molecule has 2 N–H and O–H groups in total. The van der Waals surface area contributed by atoms with Gasteiger partial charge >= 0.3 is 0 Å². The van der Waals surface area contributed by atoms with Crippen molar-refractivity contribution in [3.8, 4) is 0 Å². The van der Waals surface area contributed by atoms with E-state index in [1.54, 1.807) is 7.11 Å². The predicted molar refractivity (Wildman–Crippen MR) is 108 cm³/mol.